The molecule has 0 unspecified atom stereocenters. The molecule has 0 aliphatic heterocycles. The summed E-state index contributed by atoms with van der Waals surface area (Å²) in [4.78, 5) is 4.09. The zero-order valence-corrected chi connectivity index (χ0v) is 9.85. The molecule has 0 atom stereocenters. The van der Waals surface area contributed by atoms with Crippen molar-refractivity contribution < 1.29 is 0 Å². The molecule has 0 fully saturated rings. The Morgan fingerprint density at radius 1 is 1.38 bits per heavy atom. The van der Waals surface area contributed by atoms with Crippen LogP contribution in [0, 0.1) is 11.3 Å². The summed E-state index contributed by atoms with van der Waals surface area (Å²) in [6.07, 6.45) is 0.434. The summed E-state index contributed by atoms with van der Waals surface area (Å²) in [5, 5.41) is 14.7. The van der Waals surface area contributed by atoms with E-state index in [1.807, 2.05) is 24.3 Å². The molecule has 0 radical (unpaired) electrons. The van der Waals surface area contributed by atoms with Gasteiger partial charge in [-0.1, -0.05) is 23.7 Å². The number of anilines is 2. The molecule has 0 spiro atoms. The second kappa shape index (κ2) is 4.97. The third-order valence-corrected chi connectivity index (χ3v) is 3.05. The van der Waals surface area contributed by atoms with E-state index in [1.54, 1.807) is 5.38 Å². The van der Waals surface area contributed by atoms with Crippen LogP contribution < -0.4 is 5.32 Å². The zero-order valence-electron chi connectivity index (χ0n) is 8.27. The monoisotopic (exact) mass is 249 g/mol. The minimum atomic E-state index is 0.434. The Morgan fingerprint density at radius 3 is 2.69 bits per heavy atom. The molecule has 1 heterocycles. The second-order valence-electron chi connectivity index (χ2n) is 3.13. The van der Waals surface area contributed by atoms with Gasteiger partial charge in [0, 0.05) is 11.1 Å². The minimum Gasteiger partial charge on any atom is -0.332 e. The molecule has 0 aliphatic carbocycles. The summed E-state index contributed by atoms with van der Waals surface area (Å²) < 4.78 is 0. The maximum absolute atomic E-state index is 8.54. The fraction of sp³-hybridized carbons (Fsp3) is 0.0909. The van der Waals surface area contributed by atoms with Gasteiger partial charge in [-0.25, -0.2) is 4.98 Å². The Kier molecular flexibility index (Phi) is 3.40. The number of nitrogens with one attached hydrogen (secondary N) is 1. The van der Waals surface area contributed by atoms with E-state index >= 15 is 0 Å². The molecule has 1 aromatic carbocycles. The van der Waals surface area contributed by atoms with E-state index < -0.39 is 0 Å². The fourth-order valence-corrected chi connectivity index (χ4v) is 2.09. The lowest BCUT2D eigenvalue weighted by Gasteiger charge is -2.02. The van der Waals surface area contributed by atoms with E-state index in [0.717, 1.165) is 16.4 Å². The second-order valence-corrected chi connectivity index (χ2v) is 4.38. The van der Waals surface area contributed by atoms with Gasteiger partial charge in [-0.15, -0.1) is 11.3 Å². The highest BCUT2D eigenvalue weighted by atomic mass is 35.5. The Labute approximate surface area is 102 Å². The Balaban J connectivity index is 2.08. The third kappa shape index (κ3) is 2.72. The van der Waals surface area contributed by atoms with E-state index in [1.165, 1.54) is 11.3 Å². The summed E-state index contributed by atoms with van der Waals surface area (Å²) in [5.41, 5.74) is 1.94. The summed E-state index contributed by atoms with van der Waals surface area (Å²) in [6, 6.07) is 9.78. The lowest BCUT2D eigenvalue weighted by atomic mass is 10.1. The molecule has 3 nitrogen and oxygen atoms in total. The lowest BCUT2D eigenvalue weighted by Crippen LogP contribution is -1.89. The van der Waals surface area contributed by atoms with Gasteiger partial charge in [-0.05, 0) is 17.7 Å². The number of rotatable bonds is 3. The number of thiazole rings is 1. The normalized spacial score (nSPS) is 9.75. The molecule has 0 amide bonds. The predicted octanol–water partition coefficient (Wildman–Crippen LogP) is 3.61. The highest BCUT2D eigenvalue weighted by molar-refractivity contribution is 7.14. The van der Waals surface area contributed by atoms with E-state index in [-0.39, 0.29) is 0 Å². The number of hydrogen-bond donors (Lipinski definition) is 1. The highest BCUT2D eigenvalue weighted by Crippen LogP contribution is 2.23. The summed E-state index contributed by atoms with van der Waals surface area (Å²) >= 11 is 7.17. The lowest BCUT2D eigenvalue weighted by molar-refractivity contribution is 1.26. The van der Waals surface area contributed by atoms with Crippen molar-refractivity contribution in [2.45, 2.75) is 6.42 Å². The van der Waals surface area contributed by atoms with Crippen LogP contribution in [0.1, 0.15) is 5.56 Å². The number of benzene rings is 1. The maximum atomic E-state index is 8.54. The van der Waals surface area contributed by atoms with Gasteiger partial charge in [0.05, 0.1) is 12.5 Å². The van der Waals surface area contributed by atoms with E-state index in [2.05, 4.69) is 16.4 Å². The largest absolute Gasteiger partial charge is 0.332 e. The average molecular weight is 250 g/mol. The first-order chi connectivity index (χ1) is 7.78. The van der Waals surface area contributed by atoms with Crippen LogP contribution in [0.5, 0.6) is 0 Å². The number of nitriles is 1. The molecule has 0 saturated carbocycles. The van der Waals surface area contributed by atoms with Crippen molar-refractivity contribution in [3.8, 4) is 6.07 Å². The number of aromatic nitrogens is 1. The molecular formula is C11H8ClN3S. The van der Waals surface area contributed by atoms with Gasteiger partial charge >= 0.3 is 0 Å². The van der Waals surface area contributed by atoms with Gasteiger partial charge in [-0.2, -0.15) is 5.26 Å². The average Bonchev–Trinajstić information content (AvgIpc) is 2.67. The smallest absolute Gasteiger partial charge is 0.188 e. The van der Waals surface area contributed by atoms with Crippen LogP contribution in [-0.2, 0) is 6.42 Å². The molecule has 2 rings (SSSR count). The predicted molar refractivity (Wildman–Crippen MR) is 66.2 cm³/mol. The van der Waals surface area contributed by atoms with Gasteiger partial charge in [0.15, 0.2) is 5.13 Å². The van der Waals surface area contributed by atoms with Gasteiger partial charge in [0.2, 0.25) is 0 Å². The van der Waals surface area contributed by atoms with Crippen LogP contribution in [0.4, 0.5) is 10.8 Å². The molecule has 5 heteroatoms. The summed E-state index contributed by atoms with van der Waals surface area (Å²) in [7, 11) is 0. The molecule has 1 aromatic heterocycles. The van der Waals surface area contributed by atoms with E-state index in [4.69, 9.17) is 16.9 Å². The van der Waals surface area contributed by atoms with Crippen molar-refractivity contribution in [3.63, 3.8) is 0 Å². The topological polar surface area (TPSA) is 48.7 Å². The van der Waals surface area contributed by atoms with Crippen LogP contribution in [0.3, 0.4) is 0 Å². The van der Waals surface area contributed by atoms with Gasteiger partial charge in [-0.3, -0.25) is 0 Å². The third-order valence-electron chi connectivity index (χ3n) is 1.96. The quantitative estimate of drug-likeness (QED) is 0.904. The van der Waals surface area contributed by atoms with Crippen LogP contribution >= 0.6 is 22.9 Å². The molecule has 2 aromatic rings. The minimum absolute atomic E-state index is 0.434. The highest BCUT2D eigenvalue weighted by Gasteiger charge is 2.00. The molecular weight excluding hydrogens is 242 g/mol. The van der Waals surface area contributed by atoms with E-state index in [0.29, 0.717) is 11.6 Å². The standard InChI is InChI=1S/C11H8ClN3S/c12-10-7-16-11(15-10)14-9-3-1-8(2-4-9)5-6-13/h1-4,7H,5H2,(H,14,15). The summed E-state index contributed by atoms with van der Waals surface area (Å²) in [5.74, 6) is 0. The van der Waals surface area contributed by atoms with Gasteiger partial charge in [0.1, 0.15) is 5.15 Å². The van der Waals surface area contributed by atoms with Crippen molar-refractivity contribution in [1.82, 2.24) is 4.98 Å². The van der Waals surface area contributed by atoms with Crippen molar-refractivity contribution in [3.05, 3.63) is 40.4 Å². The number of nitrogens with zero attached hydrogens (tertiary/aromatic N) is 2. The zero-order chi connectivity index (χ0) is 11.4. The first-order valence-corrected chi connectivity index (χ1v) is 5.87. The van der Waals surface area contributed by atoms with E-state index in [9.17, 15) is 0 Å². The first kappa shape index (κ1) is 10.9. The molecule has 80 valence electrons. The van der Waals surface area contributed by atoms with Crippen molar-refractivity contribution in [1.29, 1.82) is 5.26 Å². The molecule has 0 bridgehead atoms. The molecule has 0 saturated heterocycles. The van der Waals surface area contributed by atoms with Crippen LogP contribution in [0.25, 0.3) is 0 Å². The fourth-order valence-electron chi connectivity index (χ4n) is 1.23. The Bertz CT molecular complexity index is 513. The Morgan fingerprint density at radius 2 is 2.12 bits per heavy atom. The maximum Gasteiger partial charge on any atom is 0.188 e. The van der Waals surface area contributed by atoms with Crippen LogP contribution in [0.2, 0.25) is 5.15 Å². The van der Waals surface area contributed by atoms with Crippen molar-refractivity contribution in [2.24, 2.45) is 0 Å². The van der Waals surface area contributed by atoms with Gasteiger partial charge in [0.25, 0.3) is 0 Å². The molecule has 0 aliphatic rings. The summed E-state index contributed by atoms with van der Waals surface area (Å²) in [6.45, 7) is 0. The van der Waals surface area contributed by atoms with Gasteiger partial charge < -0.3 is 5.32 Å². The number of hydrogen-bond acceptors (Lipinski definition) is 4. The number of halogens is 1. The van der Waals surface area contributed by atoms with Crippen molar-refractivity contribution >= 4 is 33.8 Å². The Hall–Kier alpha value is -1.57. The SMILES string of the molecule is N#CCc1ccc(Nc2nc(Cl)cs2)cc1. The molecule has 16 heavy (non-hydrogen) atoms. The van der Waals surface area contributed by atoms with Crippen LogP contribution in [-0.4, -0.2) is 4.98 Å². The first-order valence-electron chi connectivity index (χ1n) is 4.62. The van der Waals surface area contributed by atoms with Crippen LogP contribution in [0.15, 0.2) is 29.6 Å². The van der Waals surface area contributed by atoms with Crippen molar-refractivity contribution in [2.75, 3.05) is 5.32 Å². The molecule has 1 N–H and O–H groups in total.